The first-order valence-corrected chi connectivity index (χ1v) is 4.58. The molecule has 0 fully saturated rings. The molecule has 0 aliphatic rings. The summed E-state index contributed by atoms with van der Waals surface area (Å²) in [6, 6.07) is 4.71. The number of carboxylic acids is 1. The van der Waals surface area contributed by atoms with Gasteiger partial charge in [-0.05, 0) is 23.4 Å². The fourth-order valence-corrected chi connectivity index (χ4v) is 1.27. The smallest absolute Gasteiger partial charge is 0.377 e. The van der Waals surface area contributed by atoms with Gasteiger partial charge in [0.05, 0.1) is 10.7 Å². The van der Waals surface area contributed by atoms with Gasteiger partial charge in [0.15, 0.2) is 0 Å². The van der Waals surface area contributed by atoms with Gasteiger partial charge in [-0.25, -0.2) is 4.79 Å². The molecule has 0 saturated carbocycles. The third-order valence-electron chi connectivity index (χ3n) is 1.86. The van der Waals surface area contributed by atoms with Crippen LogP contribution in [0.5, 0.6) is 0 Å². The number of nitrogen functional groups attached to an aromatic ring is 1. The number of anilines is 1. The minimum atomic E-state index is -1.25. The molecule has 2 rings (SSSR count). The highest BCUT2D eigenvalue weighted by atomic mass is 35.5. The van der Waals surface area contributed by atoms with Gasteiger partial charge in [0.2, 0.25) is 0 Å². The highest BCUT2D eigenvalue weighted by Crippen LogP contribution is 2.25. The van der Waals surface area contributed by atoms with Crippen molar-refractivity contribution in [1.82, 2.24) is 10.1 Å². The molecule has 3 N–H and O–H groups in total. The number of hydrogen-bond acceptors (Lipinski definition) is 5. The van der Waals surface area contributed by atoms with E-state index in [4.69, 9.17) is 27.0 Å². The Morgan fingerprint density at radius 3 is 2.81 bits per heavy atom. The molecule has 6 nitrogen and oxygen atoms in total. The Morgan fingerprint density at radius 2 is 2.25 bits per heavy atom. The SMILES string of the molecule is Nc1ccc(-c2nc(C(=O)O)no2)cc1Cl. The van der Waals surface area contributed by atoms with Crippen LogP contribution in [0.15, 0.2) is 22.7 Å². The van der Waals surface area contributed by atoms with E-state index in [0.717, 1.165) is 0 Å². The lowest BCUT2D eigenvalue weighted by molar-refractivity contribution is 0.0680. The van der Waals surface area contributed by atoms with Crippen molar-refractivity contribution in [3.05, 3.63) is 29.0 Å². The van der Waals surface area contributed by atoms with Gasteiger partial charge < -0.3 is 15.4 Å². The Bertz CT molecular complexity index is 553. The lowest BCUT2D eigenvalue weighted by Crippen LogP contribution is -1.98. The average Bonchev–Trinajstić information content (AvgIpc) is 2.71. The van der Waals surface area contributed by atoms with E-state index in [1.54, 1.807) is 12.1 Å². The Labute approximate surface area is 94.6 Å². The zero-order valence-electron chi connectivity index (χ0n) is 7.85. The van der Waals surface area contributed by atoms with Gasteiger partial charge in [-0.1, -0.05) is 11.6 Å². The summed E-state index contributed by atoms with van der Waals surface area (Å²) in [7, 11) is 0. The third-order valence-corrected chi connectivity index (χ3v) is 2.19. The first-order valence-electron chi connectivity index (χ1n) is 4.20. The number of benzene rings is 1. The quantitative estimate of drug-likeness (QED) is 0.773. The van der Waals surface area contributed by atoms with Crippen LogP contribution in [0.3, 0.4) is 0 Å². The minimum absolute atomic E-state index is 0.0827. The van der Waals surface area contributed by atoms with Crippen LogP contribution in [0.25, 0.3) is 11.5 Å². The molecular formula is C9H6ClN3O3. The molecule has 1 aromatic heterocycles. The molecule has 0 unspecified atom stereocenters. The Morgan fingerprint density at radius 1 is 1.50 bits per heavy atom. The molecule has 7 heteroatoms. The van der Waals surface area contributed by atoms with Crippen LogP contribution in [0.1, 0.15) is 10.6 Å². The van der Waals surface area contributed by atoms with E-state index < -0.39 is 11.8 Å². The van der Waals surface area contributed by atoms with Crippen molar-refractivity contribution in [3.63, 3.8) is 0 Å². The van der Waals surface area contributed by atoms with Crippen LogP contribution in [-0.2, 0) is 0 Å². The normalized spacial score (nSPS) is 10.3. The van der Waals surface area contributed by atoms with Crippen LogP contribution in [0.4, 0.5) is 5.69 Å². The van der Waals surface area contributed by atoms with Crippen LogP contribution < -0.4 is 5.73 Å². The lowest BCUT2D eigenvalue weighted by Gasteiger charge is -1.98. The molecule has 82 valence electrons. The number of hydrogen-bond donors (Lipinski definition) is 2. The summed E-state index contributed by atoms with van der Waals surface area (Å²) < 4.78 is 4.77. The van der Waals surface area contributed by atoms with Crippen LogP contribution in [0.2, 0.25) is 5.02 Å². The Kier molecular flexibility index (Phi) is 2.49. The van der Waals surface area contributed by atoms with Crippen LogP contribution >= 0.6 is 11.6 Å². The van der Waals surface area contributed by atoms with E-state index >= 15 is 0 Å². The highest BCUT2D eigenvalue weighted by Gasteiger charge is 2.14. The predicted octanol–water partition coefficient (Wildman–Crippen LogP) is 1.67. The summed E-state index contributed by atoms with van der Waals surface area (Å²) in [5.41, 5.74) is 6.46. The largest absolute Gasteiger partial charge is 0.475 e. The summed E-state index contributed by atoms with van der Waals surface area (Å²) in [6.45, 7) is 0. The Balaban J connectivity index is 2.42. The summed E-state index contributed by atoms with van der Waals surface area (Å²) in [5.74, 6) is -1.57. The molecule has 0 spiro atoms. The number of nitrogens with zero attached hydrogens (tertiary/aromatic N) is 2. The van der Waals surface area contributed by atoms with Gasteiger partial charge in [-0.2, -0.15) is 4.98 Å². The molecule has 0 saturated heterocycles. The van der Waals surface area contributed by atoms with Gasteiger partial charge >= 0.3 is 5.97 Å². The first kappa shape index (κ1) is 10.4. The maximum atomic E-state index is 10.5. The number of carbonyl (C=O) groups is 1. The second kappa shape index (κ2) is 3.82. The molecule has 16 heavy (non-hydrogen) atoms. The van der Waals surface area contributed by atoms with E-state index in [9.17, 15) is 4.79 Å². The molecular weight excluding hydrogens is 234 g/mol. The maximum Gasteiger partial charge on any atom is 0.377 e. The van der Waals surface area contributed by atoms with Crippen LogP contribution in [0, 0.1) is 0 Å². The van der Waals surface area contributed by atoms with E-state index in [1.165, 1.54) is 6.07 Å². The van der Waals surface area contributed by atoms with Gasteiger partial charge in [0, 0.05) is 5.56 Å². The zero-order valence-corrected chi connectivity index (χ0v) is 8.60. The van der Waals surface area contributed by atoms with Crippen molar-refractivity contribution in [3.8, 4) is 11.5 Å². The van der Waals surface area contributed by atoms with Gasteiger partial charge in [0.25, 0.3) is 11.7 Å². The second-order valence-electron chi connectivity index (χ2n) is 2.96. The van der Waals surface area contributed by atoms with E-state index in [1.807, 2.05) is 0 Å². The fourth-order valence-electron chi connectivity index (χ4n) is 1.09. The van der Waals surface area contributed by atoms with Crippen LogP contribution in [-0.4, -0.2) is 21.2 Å². The molecule has 2 aromatic rings. The molecule has 0 amide bonds. The topological polar surface area (TPSA) is 102 Å². The molecule has 1 heterocycles. The summed E-state index contributed by atoms with van der Waals surface area (Å²) in [4.78, 5) is 14.2. The molecule has 0 aliphatic carbocycles. The van der Waals surface area contributed by atoms with Gasteiger partial charge in [-0.3, -0.25) is 0 Å². The van der Waals surface area contributed by atoms with Gasteiger partial charge in [-0.15, -0.1) is 0 Å². The predicted molar refractivity (Wildman–Crippen MR) is 56.1 cm³/mol. The van der Waals surface area contributed by atoms with Crippen molar-refractivity contribution in [2.24, 2.45) is 0 Å². The van der Waals surface area contributed by atoms with Gasteiger partial charge in [0.1, 0.15) is 0 Å². The minimum Gasteiger partial charge on any atom is -0.475 e. The number of carboxylic acid groups (broad SMARTS) is 1. The summed E-state index contributed by atoms with van der Waals surface area (Å²) in [5, 5.41) is 12.2. The zero-order chi connectivity index (χ0) is 11.7. The molecule has 0 atom stereocenters. The molecule has 0 radical (unpaired) electrons. The molecule has 1 aromatic carbocycles. The summed E-state index contributed by atoms with van der Waals surface area (Å²) >= 11 is 5.80. The van der Waals surface area contributed by atoms with Crippen molar-refractivity contribution < 1.29 is 14.4 Å². The third kappa shape index (κ3) is 1.82. The standard InChI is InChI=1S/C9H6ClN3O3/c10-5-3-4(1-2-6(5)11)8-12-7(9(14)15)13-16-8/h1-3H,11H2,(H,14,15). The number of halogens is 1. The summed E-state index contributed by atoms with van der Waals surface area (Å²) in [6.07, 6.45) is 0. The first-order chi connectivity index (χ1) is 7.58. The van der Waals surface area contributed by atoms with E-state index in [2.05, 4.69) is 10.1 Å². The number of nitrogens with two attached hydrogens (primary N) is 1. The fraction of sp³-hybridized carbons (Fsp3) is 0. The molecule has 0 aliphatic heterocycles. The maximum absolute atomic E-state index is 10.5. The van der Waals surface area contributed by atoms with Crippen molar-refractivity contribution in [1.29, 1.82) is 0 Å². The van der Waals surface area contributed by atoms with Crippen molar-refractivity contribution >= 4 is 23.3 Å². The average molecular weight is 240 g/mol. The highest BCUT2D eigenvalue weighted by molar-refractivity contribution is 6.33. The van der Waals surface area contributed by atoms with E-state index in [0.29, 0.717) is 16.3 Å². The number of rotatable bonds is 2. The Hall–Kier alpha value is -2.08. The molecule has 0 bridgehead atoms. The number of aromatic carboxylic acids is 1. The number of aromatic nitrogens is 2. The monoisotopic (exact) mass is 239 g/mol. The van der Waals surface area contributed by atoms with E-state index in [-0.39, 0.29) is 5.89 Å². The second-order valence-corrected chi connectivity index (χ2v) is 3.37. The van der Waals surface area contributed by atoms with Crippen molar-refractivity contribution in [2.45, 2.75) is 0 Å². The lowest BCUT2D eigenvalue weighted by atomic mass is 10.2. The van der Waals surface area contributed by atoms with Crippen molar-refractivity contribution in [2.75, 3.05) is 5.73 Å².